The van der Waals surface area contributed by atoms with Gasteiger partial charge in [0.1, 0.15) is 18.4 Å². The molecule has 2 saturated carbocycles. The maximum absolute atomic E-state index is 12.1. The van der Waals surface area contributed by atoms with Crippen molar-refractivity contribution < 1.29 is 4.79 Å². The molecule has 1 amide bonds. The molecule has 1 aromatic rings. The SMILES string of the molecule is O=C1CC(C2CC2)NC(N2CCN(c3cc(C4CCC4)ncn3)CC2)N1. The molecule has 7 heteroatoms. The van der Waals surface area contributed by atoms with E-state index in [9.17, 15) is 4.79 Å². The van der Waals surface area contributed by atoms with Crippen LogP contribution in [-0.2, 0) is 4.79 Å². The molecule has 2 saturated heterocycles. The van der Waals surface area contributed by atoms with Gasteiger partial charge in [-0.1, -0.05) is 6.42 Å². The van der Waals surface area contributed by atoms with Crippen LogP contribution in [0.4, 0.5) is 5.82 Å². The van der Waals surface area contributed by atoms with Crippen molar-refractivity contribution in [1.82, 2.24) is 25.5 Å². The van der Waals surface area contributed by atoms with Crippen molar-refractivity contribution in [2.45, 2.75) is 56.8 Å². The van der Waals surface area contributed by atoms with Gasteiger partial charge in [0.15, 0.2) is 0 Å². The number of rotatable bonds is 4. The van der Waals surface area contributed by atoms with E-state index >= 15 is 0 Å². The van der Waals surface area contributed by atoms with Crippen molar-refractivity contribution in [3.63, 3.8) is 0 Å². The van der Waals surface area contributed by atoms with E-state index in [2.05, 4.69) is 36.5 Å². The highest BCUT2D eigenvalue weighted by molar-refractivity contribution is 5.77. The van der Waals surface area contributed by atoms with E-state index < -0.39 is 0 Å². The van der Waals surface area contributed by atoms with Crippen molar-refractivity contribution in [2.24, 2.45) is 5.92 Å². The first-order valence-electron chi connectivity index (χ1n) is 10.1. The van der Waals surface area contributed by atoms with Gasteiger partial charge in [-0.15, -0.1) is 0 Å². The number of nitrogens with zero attached hydrogens (tertiary/aromatic N) is 4. The van der Waals surface area contributed by atoms with Crippen LogP contribution in [0.1, 0.15) is 50.1 Å². The van der Waals surface area contributed by atoms with E-state index in [1.807, 2.05) is 0 Å². The Hall–Kier alpha value is -1.73. The van der Waals surface area contributed by atoms with Gasteiger partial charge in [0.05, 0.1) is 0 Å². The van der Waals surface area contributed by atoms with Crippen LogP contribution in [-0.4, -0.2) is 59.3 Å². The first-order chi connectivity index (χ1) is 12.8. The van der Waals surface area contributed by atoms with Gasteiger partial charge in [-0.05, 0) is 31.6 Å². The number of aromatic nitrogens is 2. The zero-order chi connectivity index (χ0) is 17.5. The monoisotopic (exact) mass is 356 g/mol. The van der Waals surface area contributed by atoms with E-state index in [0.717, 1.165) is 32.0 Å². The summed E-state index contributed by atoms with van der Waals surface area (Å²) in [6, 6.07) is 2.54. The molecule has 26 heavy (non-hydrogen) atoms. The standard InChI is InChI=1S/C19H28N6O/c26-18-11-16(14-4-5-14)22-19(23-18)25-8-6-24(7-9-25)17-10-15(20-12-21-17)13-2-1-3-13/h10,12-14,16,19,22H,1-9,11H2,(H,23,26). The lowest BCUT2D eigenvalue weighted by molar-refractivity contribution is -0.127. The predicted octanol–water partition coefficient (Wildman–Crippen LogP) is 1.04. The summed E-state index contributed by atoms with van der Waals surface area (Å²) in [6.45, 7) is 3.72. The van der Waals surface area contributed by atoms with Gasteiger partial charge in [-0.3, -0.25) is 15.0 Å². The maximum Gasteiger partial charge on any atom is 0.223 e. The van der Waals surface area contributed by atoms with E-state index in [4.69, 9.17) is 0 Å². The average molecular weight is 356 g/mol. The fourth-order valence-electron chi connectivity index (χ4n) is 4.38. The normalized spacial score (nSPS) is 30.8. The molecule has 2 unspecified atom stereocenters. The Morgan fingerprint density at radius 3 is 2.54 bits per heavy atom. The zero-order valence-corrected chi connectivity index (χ0v) is 15.2. The molecule has 0 radical (unpaired) electrons. The number of carbonyl (C=O) groups is 1. The Labute approximate surface area is 154 Å². The summed E-state index contributed by atoms with van der Waals surface area (Å²) < 4.78 is 0. The molecule has 4 aliphatic rings. The van der Waals surface area contributed by atoms with Gasteiger partial charge in [0.25, 0.3) is 0 Å². The second kappa shape index (κ2) is 6.78. The molecule has 3 heterocycles. The number of carbonyl (C=O) groups excluding carboxylic acids is 1. The van der Waals surface area contributed by atoms with Crippen molar-refractivity contribution >= 4 is 11.7 Å². The summed E-state index contributed by atoms with van der Waals surface area (Å²) in [5, 5.41) is 6.78. The van der Waals surface area contributed by atoms with Crippen molar-refractivity contribution in [3.8, 4) is 0 Å². The summed E-state index contributed by atoms with van der Waals surface area (Å²) in [5.41, 5.74) is 1.21. The lowest BCUT2D eigenvalue weighted by atomic mass is 9.83. The van der Waals surface area contributed by atoms with Crippen LogP contribution in [0.5, 0.6) is 0 Å². The van der Waals surface area contributed by atoms with Gasteiger partial charge in [-0.25, -0.2) is 9.97 Å². The molecule has 2 aliphatic heterocycles. The molecule has 2 aliphatic carbocycles. The Kier molecular flexibility index (Phi) is 4.29. The Balaban J connectivity index is 1.20. The summed E-state index contributed by atoms with van der Waals surface area (Å²) >= 11 is 0. The van der Waals surface area contributed by atoms with E-state index in [1.165, 1.54) is 37.8 Å². The predicted molar refractivity (Wildman–Crippen MR) is 98.6 cm³/mol. The number of nitrogens with one attached hydrogen (secondary N) is 2. The van der Waals surface area contributed by atoms with Crippen LogP contribution < -0.4 is 15.5 Å². The number of hydrogen-bond acceptors (Lipinski definition) is 6. The van der Waals surface area contributed by atoms with E-state index in [-0.39, 0.29) is 12.2 Å². The van der Waals surface area contributed by atoms with Crippen LogP contribution in [0.3, 0.4) is 0 Å². The first-order valence-corrected chi connectivity index (χ1v) is 10.1. The van der Waals surface area contributed by atoms with E-state index in [1.54, 1.807) is 6.33 Å². The zero-order valence-electron chi connectivity index (χ0n) is 15.2. The molecule has 0 bridgehead atoms. The second-order valence-corrected chi connectivity index (χ2v) is 8.24. The molecule has 2 atom stereocenters. The van der Waals surface area contributed by atoms with Gasteiger partial charge >= 0.3 is 0 Å². The molecule has 5 rings (SSSR count). The largest absolute Gasteiger partial charge is 0.354 e. The summed E-state index contributed by atoms with van der Waals surface area (Å²) in [6.07, 6.45) is 8.72. The number of piperazine rings is 1. The first kappa shape index (κ1) is 16.4. The van der Waals surface area contributed by atoms with Gasteiger partial charge in [0.2, 0.25) is 5.91 Å². The molecule has 0 spiro atoms. The highest BCUT2D eigenvalue weighted by Crippen LogP contribution is 2.36. The summed E-state index contributed by atoms with van der Waals surface area (Å²) in [7, 11) is 0. The molecule has 7 nitrogen and oxygen atoms in total. The molecular weight excluding hydrogens is 328 g/mol. The lowest BCUT2D eigenvalue weighted by Crippen LogP contribution is -2.67. The van der Waals surface area contributed by atoms with Gasteiger partial charge in [0, 0.05) is 56.3 Å². The Morgan fingerprint density at radius 1 is 1.04 bits per heavy atom. The van der Waals surface area contributed by atoms with Gasteiger partial charge in [-0.2, -0.15) is 0 Å². The van der Waals surface area contributed by atoms with Crippen molar-refractivity contribution in [2.75, 3.05) is 31.1 Å². The minimum Gasteiger partial charge on any atom is -0.354 e. The van der Waals surface area contributed by atoms with Crippen LogP contribution >= 0.6 is 0 Å². The summed E-state index contributed by atoms with van der Waals surface area (Å²) in [4.78, 5) is 25.8. The molecule has 4 fully saturated rings. The van der Waals surface area contributed by atoms with Crippen molar-refractivity contribution in [1.29, 1.82) is 0 Å². The van der Waals surface area contributed by atoms with Crippen molar-refractivity contribution in [3.05, 3.63) is 18.1 Å². The third-order valence-corrected chi connectivity index (χ3v) is 6.47. The molecule has 1 aromatic heterocycles. The number of hydrogen-bond donors (Lipinski definition) is 2. The quantitative estimate of drug-likeness (QED) is 0.840. The lowest BCUT2D eigenvalue weighted by Gasteiger charge is -2.43. The highest BCUT2D eigenvalue weighted by atomic mass is 16.2. The van der Waals surface area contributed by atoms with Crippen LogP contribution in [0.25, 0.3) is 0 Å². The number of amides is 1. The molecular formula is C19H28N6O. The fourth-order valence-corrected chi connectivity index (χ4v) is 4.38. The van der Waals surface area contributed by atoms with E-state index in [0.29, 0.717) is 24.3 Å². The topological polar surface area (TPSA) is 73.4 Å². The Morgan fingerprint density at radius 2 is 1.85 bits per heavy atom. The third kappa shape index (κ3) is 3.30. The summed E-state index contributed by atoms with van der Waals surface area (Å²) in [5.74, 6) is 2.59. The third-order valence-electron chi connectivity index (χ3n) is 6.47. The minimum atomic E-state index is -0.0139. The van der Waals surface area contributed by atoms with Crippen LogP contribution in [0.2, 0.25) is 0 Å². The molecule has 0 aromatic carbocycles. The van der Waals surface area contributed by atoms with Crippen LogP contribution in [0, 0.1) is 5.92 Å². The fraction of sp³-hybridized carbons (Fsp3) is 0.737. The number of anilines is 1. The average Bonchev–Trinajstić information content (AvgIpc) is 3.45. The van der Waals surface area contributed by atoms with Crippen LogP contribution in [0.15, 0.2) is 12.4 Å². The maximum atomic E-state index is 12.1. The second-order valence-electron chi connectivity index (χ2n) is 8.24. The smallest absolute Gasteiger partial charge is 0.223 e. The minimum absolute atomic E-state index is 0.0139. The molecule has 140 valence electrons. The van der Waals surface area contributed by atoms with Gasteiger partial charge < -0.3 is 10.2 Å². The molecule has 2 N–H and O–H groups in total. The highest BCUT2D eigenvalue weighted by Gasteiger charge is 2.39. The Bertz CT molecular complexity index is 666.